The summed E-state index contributed by atoms with van der Waals surface area (Å²) in [6.45, 7) is 2.75. The number of hydrogen-bond donors (Lipinski definition) is 0. The van der Waals surface area contributed by atoms with Crippen LogP contribution >= 0.6 is 11.3 Å². The highest BCUT2D eigenvalue weighted by molar-refractivity contribution is 7.14. The summed E-state index contributed by atoms with van der Waals surface area (Å²) in [6, 6.07) is 25.0. The molecule has 5 aromatic rings. The van der Waals surface area contributed by atoms with Gasteiger partial charge in [0.1, 0.15) is 11.4 Å². The van der Waals surface area contributed by atoms with Gasteiger partial charge in [0, 0.05) is 28.3 Å². The highest BCUT2D eigenvalue weighted by Gasteiger charge is 2.22. The molecule has 0 unspecified atom stereocenters. The lowest BCUT2D eigenvalue weighted by Gasteiger charge is -2.14. The molecule has 5 heteroatoms. The third kappa shape index (κ3) is 3.36. The number of para-hydroxylation sites is 3. The maximum atomic E-state index is 6.24. The van der Waals surface area contributed by atoms with Crippen molar-refractivity contribution in [1.29, 1.82) is 0 Å². The zero-order valence-electron chi connectivity index (χ0n) is 17.5. The summed E-state index contributed by atoms with van der Waals surface area (Å²) in [5.74, 6) is 1.62. The molecule has 0 aliphatic carbocycles. The van der Waals surface area contributed by atoms with E-state index in [1.807, 2.05) is 25.1 Å². The lowest BCUT2D eigenvalue weighted by molar-refractivity contribution is 0.0230. The van der Waals surface area contributed by atoms with Crippen LogP contribution in [0.5, 0.6) is 11.5 Å². The summed E-state index contributed by atoms with van der Waals surface area (Å²) < 4.78 is 19.7. The van der Waals surface area contributed by atoms with Gasteiger partial charge in [-0.1, -0.05) is 48.5 Å². The number of nitrogens with zero attached hydrogens (tertiary/aromatic N) is 1. The van der Waals surface area contributed by atoms with E-state index in [4.69, 9.17) is 14.2 Å². The lowest BCUT2D eigenvalue weighted by Crippen LogP contribution is -2.05. The summed E-state index contributed by atoms with van der Waals surface area (Å²) in [5.41, 5.74) is 4.31. The van der Waals surface area contributed by atoms with Gasteiger partial charge in [0.15, 0.2) is 12.5 Å². The number of aromatic nitrogens is 1. The van der Waals surface area contributed by atoms with Crippen molar-refractivity contribution in [2.24, 2.45) is 0 Å². The molecule has 3 aromatic carbocycles. The van der Waals surface area contributed by atoms with Gasteiger partial charge in [-0.05, 0) is 31.2 Å². The molecule has 0 spiro atoms. The highest BCUT2D eigenvalue weighted by atomic mass is 32.1. The maximum Gasteiger partial charge on any atom is 0.189 e. The van der Waals surface area contributed by atoms with Gasteiger partial charge in [-0.15, -0.1) is 11.3 Å². The summed E-state index contributed by atoms with van der Waals surface area (Å²) in [5, 5.41) is 4.60. The smallest absolute Gasteiger partial charge is 0.189 e. The molecule has 0 amide bonds. The fourth-order valence-electron chi connectivity index (χ4n) is 4.02. The fraction of sp³-hybridized carbons (Fsp3) is 0.154. The van der Waals surface area contributed by atoms with Crippen molar-refractivity contribution in [1.82, 2.24) is 4.57 Å². The van der Waals surface area contributed by atoms with Crippen LogP contribution in [0.25, 0.3) is 37.9 Å². The van der Waals surface area contributed by atoms with E-state index in [9.17, 15) is 0 Å². The first-order chi connectivity index (χ1) is 15.3. The third-order valence-corrected chi connectivity index (χ3v) is 6.37. The van der Waals surface area contributed by atoms with Crippen molar-refractivity contribution >= 4 is 33.1 Å². The predicted octanol–water partition coefficient (Wildman–Crippen LogP) is 6.89. The summed E-state index contributed by atoms with van der Waals surface area (Å²) in [4.78, 5) is 1.02. The molecular weight excluding hydrogens is 406 g/mol. The lowest BCUT2D eigenvalue weighted by atomic mass is 10.1. The van der Waals surface area contributed by atoms with E-state index in [0.29, 0.717) is 6.61 Å². The van der Waals surface area contributed by atoms with Crippen LogP contribution in [0, 0.1) is 0 Å². The van der Waals surface area contributed by atoms with Gasteiger partial charge in [-0.2, -0.15) is 0 Å². The molecule has 0 fully saturated rings. The molecule has 0 aliphatic heterocycles. The Morgan fingerprint density at radius 1 is 0.839 bits per heavy atom. The van der Waals surface area contributed by atoms with E-state index < -0.39 is 0 Å². The van der Waals surface area contributed by atoms with Crippen LogP contribution in [0.1, 0.15) is 6.92 Å². The number of benzene rings is 3. The molecule has 0 saturated carbocycles. The van der Waals surface area contributed by atoms with Crippen LogP contribution in [0.3, 0.4) is 0 Å². The fourth-order valence-corrected chi connectivity index (χ4v) is 5.02. The number of hydrogen-bond acceptors (Lipinski definition) is 4. The first kappa shape index (κ1) is 19.7. The first-order valence-corrected chi connectivity index (χ1v) is 11.2. The summed E-state index contributed by atoms with van der Waals surface area (Å²) in [7, 11) is 1.70. The van der Waals surface area contributed by atoms with Gasteiger partial charge < -0.3 is 18.8 Å². The van der Waals surface area contributed by atoms with Gasteiger partial charge in [0.05, 0.1) is 23.0 Å². The normalized spacial score (nSPS) is 11.3. The van der Waals surface area contributed by atoms with Crippen LogP contribution in [0.15, 0.2) is 78.2 Å². The Labute approximate surface area is 185 Å². The van der Waals surface area contributed by atoms with Gasteiger partial charge >= 0.3 is 0 Å². The molecule has 31 heavy (non-hydrogen) atoms. The molecule has 0 N–H and O–H groups in total. The van der Waals surface area contributed by atoms with Crippen molar-refractivity contribution in [2.45, 2.75) is 6.92 Å². The number of ether oxygens (including phenoxy) is 3. The zero-order chi connectivity index (χ0) is 21.2. The molecule has 4 nitrogen and oxygen atoms in total. The summed E-state index contributed by atoms with van der Waals surface area (Å²) >= 11 is 1.65. The number of methoxy groups -OCH3 is 1. The molecule has 0 aliphatic rings. The SMILES string of the molecule is CCOCOc1c(-n2c3ccccc3c3ccccc32)csc1-c1ccccc1OC. The topological polar surface area (TPSA) is 32.6 Å². The Morgan fingerprint density at radius 3 is 2.16 bits per heavy atom. The van der Waals surface area contributed by atoms with Crippen LogP contribution in [0.4, 0.5) is 0 Å². The molecule has 156 valence electrons. The largest absolute Gasteiger partial charge is 0.496 e. The average molecular weight is 430 g/mol. The van der Waals surface area contributed by atoms with Crippen molar-refractivity contribution in [2.75, 3.05) is 20.5 Å². The minimum atomic E-state index is 0.194. The molecule has 0 saturated heterocycles. The van der Waals surface area contributed by atoms with Crippen LogP contribution in [0.2, 0.25) is 0 Å². The number of fused-ring (bicyclic) bond motifs is 3. The summed E-state index contributed by atoms with van der Waals surface area (Å²) in [6.07, 6.45) is 0. The van der Waals surface area contributed by atoms with Crippen molar-refractivity contribution in [3.8, 4) is 27.6 Å². The van der Waals surface area contributed by atoms with Crippen LogP contribution in [-0.4, -0.2) is 25.1 Å². The van der Waals surface area contributed by atoms with Crippen molar-refractivity contribution in [3.05, 3.63) is 78.2 Å². The monoisotopic (exact) mass is 429 g/mol. The van der Waals surface area contributed by atoms with E-state index in [2.05, 4.69) is 64.5 Å². The van der Waals surface area contributed by atoms with Crippen molar-refractivity contribution in [3.63, 3.8) is 0 Å². The van der Waals surface area contributed by atoms with Crippen molar-refractivity contribution < 1.29 is 14.2 Å². The predicted molar refractivity (Wildman–Crippen MR) is 128 cm³/mol. The Hall–Kier alpha value is -3.28. The van der Waals surface area contributed by atoms with E-state index in [1.54, 1.807) is 18.4 Å². The number of thiophene rings is 1. The molecule has 0 atom stereocenters. The quantitative estimate of drug-likeness (QED) is 0.208. The standard InChI is InChI=1S/C26H23NO3S/c1-3-29-17-30-25-23(16-31-26(25)20-12-6-9-15-24(20)28-2)27-21-13-7-4-10-18(21)19-11-5-8-14-22(19)27/h4-16H,3,17H2,1-2H3. The Kier molecular flexibility index (Phi) is 5.37. The van der Waals surface area contributed by atoms with E-state index in [-0.39, 0.29) is 6.79 Å². The molecular formula is C26H23NO3S. The zero-order valence-corrected chi connectivity index (χ0v) is 18.3. The average Bonchev–Trinajstić information content (AvgIpc) is 3.38. The molecule has 2 aromatic heterocycles. The second kappa shape index (κ2) is 8.46. The molecule has 5 rings (SSSR count). The molecule has 0 radical (unpaired) electrons. The maximum absolute atomic E-state index is 6.24. The molecule has 2 heterocycles. The van der Waals surface area contributed by atoms with E-state index in [0.717, 1.165) is 38.7 Å². The minimum Gasteiger partial charge on any atom is -0.496 e. The Balaban J connectivity index is 1.78. The first-order valence-electron chi connectivity index (χ1n) is 10.3. The highest BCUT2D eigenvalue weighted by Crippen LogP contribution is 2.46. The van der Waals surface area contributed by atoms with Gasteiger partial charge in [0.25, 0.3) is 0 Å². The third-order valence-electron chi connectivity index (χ3n) is 5.39. The van der Waals surface area contributed by atoms with Gasteiger partial charge in [0.2, 0.25) is 0 Å². The number of rotatable bonds is 7. The van der Waals surface area contributed by atoms with E-state index in [1.165, 1.54) is 10.8 Å². The van der Waals surface area contributed by atoms with Gasteiger partial charge in [-0.25, -0.2) is 0 Å². The second-order valence-corrected chi connectivity index (χ2v) is 7.98. The van der Waals surface area contributed by atoms with Gasteiger partial charge in [-0.3, -0.25) is 0 Å². The van der Waals surface area contributed by atoms with Crippen LogP contribution in [-0.2, 0) is 4.74 Å². The second-order valence-electron chi connectivity index (χ2n) is 7.10. The van der Waals surface area contributed by atoms with Crippen LogP contribution < -0.4 is 9.47 Å². The minimum absolute atomic E-state index is 0.194. The molecule has 0 bridgehead atoms. The Morgan fingerprint density at radius 2 is 1.48 bits per heavy atom. The van der Waals surface area contributed by atoms with E-state index >= 15 is 0 Å². The Bertz CT molecular complexity index is 1300.